The number of aryl methyl sites for hydroxylation is 2. The van der Waals surface area contributed by atoms with Gasteiger partial charge < -0.3 is 24.6 Å². The normalized spacial score (nSPS) is 20.5. The molecule has 0 spiro atoms. The highest BCUT2D eigenvalue weighted by Crippen LogP contribution is 2.36. The maximum absolute atomic E-state index is 13.8. The second kappa shape index (κ2) is 10.5. The van der Waals surface area contributed by atoms with E-state index in [1.807, 2.05) is 11.0 Å². The van der Waals surface area contributed by atoms with Crippen LogP contribution in [0.5, 0.6) is 5.75 Å². The van der Waals surface area contributed by atoms with Crippen molar-refractivity contribution in [2.45, 2.75) is 50.6 Å². The lowest BCUT2D eigenvalue weighted by atomic mass is 9.80. The monoisotopic (exact) mass is 453 g/mol. The van der Waals surface area contributed by atoms with Gasteiger partial charge in [0.15, 0.2) is 0 Å². The van der Waals surface area contributed by atoms with Crippen molar-refractivity contribution >= 4 is 5.91 Å². The van der Waals surface area contributed by atoms with E-state index < -0.39 is 0 Å². The molecular formula is C26H35N3O4. The van der Waals surface area contributed by atoms with Crippen LogP contribution in [0.1, 0.15) is 48.3 Å². The summed E-state index contributed by atoms with van der Waals surface area (Å²) in [5, 5.41) is 13.7. The lowest BCUT2D eigenvalue weighted by Gasteiger charge is -2.35. The van der Waals surface area contributed by atoms with E-state index in [1.54, 1.807) is 43.1 Å². The smallest absolute Gasteiger partial charge is 0.250 e. The summed E-state index contributed by atoms with van der Waals surface area (Å²) in [6.07, 6.45) is 6.36. The Bertz CT molecular complexity index is 1030. The number of nitrogens with zero attached hydrogens (tertiary/aromatic N) is 2. The number of methoxy groups -OCH3 is 1. The van der Waals surface area contributed by atoms with Crippen LogP contribution < -0.4 is 10.9 Å². The average Bonchev–Trinajstić information content (AvgIpc) is 3.64. The van der Waals surface area contributed by atoms with E-state index in [9.17, 15) is 14.7 Å². The van der Waals surface area contributed by atoms with Crippen LogP contribution in [0.2, 0.25) is 0 Å². The van der Waals surface area contributed by atoms with Crippen LogP contribution in [-0.4, -0.2) is 53.3 Å². The summed E-state index contributed by atoms with van der Waals surface area (Å²) >= 11 is 0. The third-order valence-corrected chi connectivity index (χ3v) is 6.83. The highest BCUT2D eigenvalue weighted by Gasteiger charge is 2.40. The minimum Gasteiger partial charge on any atom is -0.508 e. The van der Waals surface area contributed by atoms with Crippen LogP contribution in [0.3, 0.4) is 0 Å². The minimum atomic E-state index is -0.204. The van der Waals surface area contributed by atoms with Crippen molar-refractivity contribution in [3.05, 3.63) is 63.6 Å². The predicted octanol–water partition coefficient (Wildman–Crippen LogP) is 2.55. The number of carbonyl (C=O) groups is 1. The molecule has 4 rings (SSSR count). The van der Waals surface area contributed by atoms with E-state index >= 15 is 0 Å². The summed E-state index contributed by atoms with van der Waals surface area (Å²) in [7, 11) is 3.43. The summed E-state index contributed by atoms with van der Waals surface area (Å²) in [5.41, 5.74) is 2.92. The minimum absolute atomic E-state index is 0.0303. The summed E-state index contributed by atoms with van der Waals surface area (Å²) in [6, 6.07) is 9.55. The van der Waals surface area contributed by atoms with Gasteiger partial charge in [0, 0.05) is 52.2 Å². The third-order valence-electron chi connectivity index (χ3n) is 6.83. The van der Waals surface area contributed by atoms with Crippen molar-refractivity contribution in [2.24, 2.45) is 13.0 Å². The molecule has 0 bridgehead atoms. The quantitative estimate of drug-likeness (QED) is 0.570. The highest BCUT2D eigenvalue weighted by molar-refractivity contribution is 5.81. The summed E-state index contributed by atoms with van der Waals surface area (Å²) in [6.45, 7) is 2.63. The molecule has 1 aromatic heterocycles. The van der Waals surface area contributed by atoms with Gasteiger partial charge >= 0.3 is 0 Å². The predicted molar refractivity (Wildman–Crippen MR) is 127 cm³/mol. The third kappa shape index (κ3) is 5.84. The van der Waals surface area contributed by atoms with Gasteiger partial charge in [-0.15, -0.1) is 0 Å². The number of ether oxygens (including phenoxy) is 1. The number of aromatic hydroxyl groups is 1. The molecule has 1 aromatic carbocycles. The van der Waals surface area contributed by atoms with E-state index in [-0.39, 0.29) is 35.1 Å². The van der Waals surface area contributed by atoms with E-state index in [1.165, 1.54) is 0 Å². The van der Waals surface area contributed by atoms with Gasteiger partial charge in [0.2, 0.25) is 5.91 Å². The second-order valence-corrected chi connectivity index (χ2v) is 9.42. The summed E-state index contributed by atoms with van der Waals surface area (Å²) < 4.78 is 6.70. The number of amides is 1. The fraction of sp³-hybridized carbons (Fsp3) is 0.538. The van der Waals surface area contributed by atoms with Gasteiger partial charge in [0.1, 0.15) is 5.75 Å². The van der Waals surface area contributed by atoms with Gasteiger partial charge in [-0.25, -0.2) is 0 Å². The molecule has 2 heterocycles. The number of phenolic OH excluding ortho intramolecular Hbond substituents is 1. The van der Waals surface area contributed by atoms with Crippen molar-refractivity contribution < 1.29 is 14.6 Å². The molecule has 2 atom stereocenters. The Kier molecular flexibility index (Phi) is 7.50. The van der Waals surface area contributed by atoms with Crippen molar-refractivity contribution in [1.29, 1.82) is 0 Å². The zero-order valence-electron chi connectivity index (χ0n) is 19.6. The molecule has 1 saturated heterocycles. The van der Waals surface area contributed by atoms with Crippen molar-refractivity contribution in [2.75, 3.05) is 26.8 Å². The number of rotatable bonds is 9. The number of nitrogens with one attached hydrogen (secondary N) is 1. The maximum Gasteiger partial charge on any atom is 0.250 e. The molecule has 2 aliphatic rings. The summed E-state index contributed by atoms with van der Waals surface area (Å²) in [5.74, 6) is 0.202. The van der Waals surface area contributed by atoms with Crippen molar-refractivity contribution in [3.63, 3.8) is 0 Å². The molecule has 7 nitrogen and oxygen atoms in total. The molecule has 1 saturated carbocycles. The maximum atomic E-state index is 13.8. The molecule has 2 fully saturated rings. The number of phenols is 1. The van der Waals surface area contributed by atoms with Gasteiger partial charge in [-0.2, -0.15) is 0 Å². The Hall–Kier alpha value is -2.64. The number of hydrogen-bond donors (Lipinski definition) is 2. The van der Waals surface area contributed by atoms with Crippen LogP contribution in [0.15, 0.2) is 41.3 Å². The molecule has 1 aliphatic heterocycles. The molecule has 178 valence electrons. The zero-order valence-corrected chi connectivity index (χ0v) is 19.6. The molecule has 1 amide bonds. The van der Waals surface area contributed by atoms with E-state index in [0.29, 0.717) is 19.7 Å². The first-order valence-corrected chi connectivity index (χ1v) is 11.9. The number of pyridine rings is 1. The Morgan fingerprint density at radius 3 is 2.73 bits per heavy atom. The Morgan fingerprint density at radius 1 is 1.21 bits per heavy atom. The van der Waals surface area contributed by atoms with E-state index in [0.717, 1.165) is 55.3 Å². The summed E-state index contributed by atoms with van der Waals surface area (Å²) in [4.78, 5) is 28.1. The number of carbonyl (C=O) groups excluding carboxylic acids is 1. The zero-order chi connectivity index (χ0) is 23.4. The van der Waals surface area contributed by atoms with Crippen molar-refractivity contribution in [1.82, 2.24) is 14.8 Å². The Labute approximate surface area is 195 Å². The Morgan fingerprint density at radius 2 is 2.00 bits per heavy atom. The van der Waals surface area contributed by atoms with Gasteiger partial charge in [-0.05, 0) is 79.5 Å². The number of benzene rings is 1. The van der Waals surface area contributed by atoms with Crippen LogP contribution in [-0.2, 0) is 29.5 Å². The molecule has 0 radical (unpaired) electrons. The first-order valence-electron chi connectivity index (χ1n) is 11.9. The van der Waals surface area contributed by atoms with Crippen LogP contribution in [0, 0.1) is 5.92 Å². The average molecular weight is 454 g/mol. The number of piperidine rings is 1. The van der Waals surface area contributed by atoms with Crippen LogP contribution in [0.25, 0.3) is 0 Å². The lowest BCUT2D eigenvalue weighted by Crippen LogP contribution is -2.47. The van der Waals surface area contributed by atoms with Crippen molar-refractivity contribution in [3.8, 4) is 5.75 Å². The topological polar surface area (TPSA) is 83.8 Å². The highest BCUT2D eigenvalue weighted by atomic mass is 16.5. The first kappa shape index (κ1) is 23.5. The molecular weight excluding hydrogens is 418 g/mol. The van der Waals surface area contributed by atoms with Crippen LogP contribution in [0.4, 0.5) is 0 Å². The molecule has 0 unspecified atom stereocenters. The molecule has 2 aromatic rings. The molecule has 7 heteroatoms. The molecule has 33 heavy (non-hydrogen) atoms. The fourth-order valence-electron chi connectivity index (χ4n) is 4.89. The standard InChI is InChI=1S/C26H35N3O4/c1-28-10-8-20(15-25(28)31)23-7-9-27-16-24(23)26(32)29(21-5-6-21)17-19-12-18(4-3-11-33-2)13-22(30)14-19/h8,10,12-15,21,23-24,27,30H,3-7,9,11,16-17H2,1-2H3/t23-,24+/m0/s1. The fourth-order valence-corrected chi connectivity index (χ4v) is 4.89. The van der Waals surface area contributed by atoms with Gasteiger partial charge in [0.25, 0.3) is 5.56 Å². The number of hydrogen-bond acceptors (Lipinski definition) is 5. The number of aromatic nitrogens is 1. The first-order chi connectivity index (χ1) is 16.0. The largest absolute Gasteiger partial charge is 0.508 e. The van der Waals surface area contributed by atoms with Gasteiger partial charge in [-0.1, -0.05) is 6.07 Å². The SMILES string of the molecule is COCCCc1cc(O)cc(CN(C(=O)[C@@H]2CNCC[C@H]2c2ccn(C)c(=O)c2)C2CC2)c1. The van der Waals surface area contributed by atoms with E-state index in [4.69, 9.17) is 4.74 Å². The molecule has 2 N–H and O–H groups in total. The lowest BCUT2D eigenvalue weighted by molar-refractivity contribution is -0.138. The van der Waals surface area contributed by atoms with Gasteiger partial charge in [-0.3, -0.25) is 9.59 Å². The second-order valence-electron chi connectivity index (χ2n) is 9.42. The van der Waals surface area contributed by atoms with Gasteiger partial charge in [0.05, 0.1) is 5.92 Å². The van der Waals surface area contributed by atoms with E-state index in [2.05, 4.69) is 11.4 Å². The van der Waals surface area contributed by atoms with Crippen LogP contribution >= 0.6 is 0 Å². The Balaban J connectivity index is 1.54. The molecule has 1 aliphatic carbocycles.